The second-order valence-corrected chi connectivity index (χ2v) is 13.4. The highest BCUT2D eigenvalue weighted by Gasteiger charge is 2.49. The maximum Gasteiger partial charge on any atom is 0.319 e. The largest absolute Gasteiger partial charge is 0.461 e. The van der Waals surface area contributed by atoms with Crippen LogP contribution in [0, 0.1) is 29.8 Å². The molecule has 2 unspecified atom stereocenters. The van der Waals surface area contributed by atoms with E-state index in [-0.39, 0.29) is 53.2 Å². The third-order valence-corrected chi connectivity index (χ3v) is 10.6. The summed E-state index contributed by atoms with van der Waals surface area (Å²) in [6.45, 7) is 2.70. The number of rotatable bonds is 5. The van der Waals surface area contributed by atoms with Gasteiger partial charge in [-0.05, 0) is 73.9 Å². The molecule has 1 aliphatic carbocycles. The predicted molar refractivity (Wildman–Crippen MR) is 170 cm³/mol. The molecule has 1 N–H and O–H groups in total. The maximum absolute atomic E-state index is 16.7. The van der Waals surface area contributed by atoms with E-state index in [0.29, 0.717) is 49.4 Å². The molecule has 6 nitrogen and oxygen atoms in total. The van der Waals surface area contributed by atoms with Crippen LogP contribution in [0.1, 0.15) is 60.8 Å². The quantitative estimate of drug-likeness (QED) is 0.278. The van der Waals surface area contributed by atoms with Crippen molar-refractivity contribution in [2.45, 2.75) is 68.7 Å². The number of piperazine rings is 1. The Bertz CT molecular complexity index is 1820. The number of halogens is 4. The number of hydrogen-bond acceptors (Lipinski definition) is 6. The average Bonchev–Trinajstić information content (AvgIpc) is 3.68. The van der Waals surface area contributed by atoms with E-state index >= 15 is 8.78 Å². The van der Waals surface area contributed by atoms with E-state index in [0.717, 1.165) is 37.8 Å². The van der Waals surface area contributed by atoms with Gasteiger partial charge in [-0.2, -0.15) is 9.97 Å². The van der Waals surface area contributed by atoms with E-state index in [1.807, 2.05) is 0 Å². The topological polar surface area (TPSA) is 53.5 Å². The van der Waals surface area contributed by atoms with Gasteiger partial charge in [0.1, 0.15) is 35.7 Å². The number of hydrogen-bond donors (Lipinski definition) is 1. The number of aromatic nitrogens is 2. The highest BCUT2D eigenvalue weighted by molar-refractivity contribution is 5.93. The first kappa shape index (κ1) is 29.5. The first-order valence-electron chi connectivity index (χ1n) is 16.2. The minimum atomic E-state index is -0.914. The van der Waals surface area contributed by atoms with Crippen LogP contribution in [0.15, 0.2) is 30.4 Å². The Labute approximate surface area is 265 Å². The Kier molecular flexibility index (Phi) is 7.29. The van der Waals surface area contributed by atoms with Gasteiger partial charge in [-0.1, -0.05) is 30.2 Å². The summed E-state index contributed by atoms with van der Waals surface area (Å²) in [5.74, 6) is 0.849. The molecule has 10 heteroatoms. The fraction of sp³-hybridized carbons (Fsp3) is 0.444. The fourth-order valence-corrected chi connectivity index (χ4v) is 8.41. The molecule has 0 amide bonds. The number of nitrogens with one attached hydrogen (secondary N) is 1. The molecule has 238 valence electrons. The van der Waals surface area contributed by atoms with Crippen LogP contribution < -0.4 is 15.0 Å². The van der Waals surface area contributed by atoms with Gasteiger partial charge in [-0.15, -0.1) is 6.42 Å². The van der Waals surface area contributed by atoms with Gasteiger partial charge in [0.2, 0.25) is 0 Å². The van der Waals surface area contributed by atoms with Gasteiger partial charge in [0.05, 0.1) is 16.7 Å². The van der Waals surface area contributed by atoms with Crippen LogP contribution in [0.25, 0.3) is 22.6 Å². The molecule has 4 fully saturated rings. The van der Waals surface area contributed by atoms with Crippen LogP contribution in [0.3, 0.4) is 0 Å². The monoisotopic (exact) mass is 629 g/mol. The van der Waals surface area contributed by atoms with Crippen molar-refractivity contribution in [3.05, 3.63) is 70.1 Å². The standard InChI is InChI=1S/C36H35F4N5O/c1-2-26-27-11-7-22(6-3-5-21(27)8-12-29(26)38)31-30(39)15-28-33(32(31)40)42-35(43-34(28)44-18-24-9-10-25(19-44)41-24)46-20-36-13-4-14-45(36)17-23(37)16-36/h1,3,5-6,8,12,15,23-25,41H,4,7,9-11,13-14,16-20H2/b5-3?,22-6+/t23-,24?,25?,36+/m1/s1. The zero-order valence-electron chi connectivity index (χ0n) is 25.5. The van der Waals surface area contributed by atoms with Crippen LogP contribution in [0.4, 0.5) is 23.4 Å². The minimum absolute atomic E-state index is 0.00276. The van der Waals surface area contributed by atoms with Gasteiger partial charge in [0.15, 0.2) is 5.82 Å². The number of anilines is 1. The number of benzene rings is 2. The summed E-state index contributed by atoms with van der Waals surface area (Å²) in [6, 6.07) is 4.84. The summed E-state index contributed by atoms with van der Waals surface area (Å²) in [6.07, 6.45) is 14.6. The van der Waals surface area contributed by atoms with Gasteiger partial charge >= 0.3 is 6.01 Å². The number of terminal acetylenes is 1. The van der Waals surface area contributed by atoms with Crippen LogP contribution in [0.5, 0.6) is 6.01 Å². The van der Waals surface area contributed by atoms with E-state index in [4.69, 9.17) is 16.1 Å². The van der Waals surface area contributed by atoms with Crippen molar-refractivity contribution in [1.29, 1.82) is 0 Å². The van der Waals surface area contributed by atoms with Crippen molar-refractivity contribution in [2.75, 3.05) is 37.7 Å². The molecule has 5 aliphatic rings. The van der Waals surface area contributed by atoms with Gasteiger partial charge in [0.25, 0.3) is 0 Å². The van der Waals surface area contributed by atoms with E-state index < -0.39 is 29.2 Å². The Morgan fingerprint density at radius 2 is 1.89 bits per heavy atom. The highest BCUT2D eigenvalue weighted by Crippen LogP contribution is 2.41. The zero-order valence-corrected chi connectivity index (χ0v) is 25.5. The molecular formula is C36H35F4N5O. The SMILES string of the molecule is C#Cc1c(F)ccc2c1CC/C(c1c(F)cc3c(N4CC5CCC(C4)N5)nc(OC[C@@]45CCCN4C[C@H](F)C5)nc3c1F)=C\C=C2. The number of nitrogens with zero attached hydrogens (tertiary/aromatic N) is 4. The van der Waals surface area contributed by atoms with Gasteiger partial charge in [0, 0.05) is 43.5 Å². The van der Waals surface area contributed by atoms with Crippen LogP contribution in [0.2, 0.25) is 0 Å². The molecule has 5 heterocycles. The van der Waals surface area contributed by atoms with Crippen molar-refractivity contribution >= 4 is 28.4 Å². The molecule has 4 saturated heterocycles. The summed E-state index contributed by atoms with van der Waals surface area (Å²) in [5.41, 5.74) is 1.33. The summed E-state index contributed by atoms with van der Waals surface area (Å²) in [7, 11) is 0. The first-order valence-corrected chi connectivity index (χ1v) is 16.2. The average molecular weight is 630 g/mol. The van der Waals surface area contributed by atoms with Crippen molar-refractivity contribution in [2.24, 2.45) is 0 Å². The summed E-state index contributed by atoms with van der Waals surface area (Å²) >= 11 is 0. The fourth-order valence-electron chi connectivity index (χ4n) is 8.41. The molecular weight excluding hydrogens is 594 g/mol. The number of ether oxygens (including phenoxy) is 1. The van der Waals surface area contributed by atoms with Crippen molar-refractivity contribution < 1.29 is 22.3 Å². The van der Waals surface area contributed by atoms with E-state index in [2.05, 4.69) is 26.0 Å². The van der Waals surface area contributed by atoms with E-state index in [1.165, 1.54) is 12.1 Å². The van der Waals surface area contributed by atoms with Crippen molar-refractivity contribution in [1.82, 2.24) is 20.2 Å². The van der Waals surface area contributed by atoms with Crippen LogP contribution in [-0.4, -0.2) is 71.4 Å². The number of allylic oxidation sites excluding steroid dienone is 3. The molecule has 4 aliphatic heterocycles. The lowest BCUT2D eigenvalue weighted by Crippen LogP contribution is -2.51. The lowest BCUT2D eigenvalue weighted by Gasteiger charge is -2.34. The molecule has 0 radical (unpaired) electrons. The molecule has 3 aromatic rings. The Balaban J connectivity index is 1.20. The van der Waals surface area contributed by atoms with Crippen LogP contribution >= 0.6 is 0 Å². The zero-order chi connectivity index (χ0) is 31.6. The summed E-state index contributed by atoms with van der Waals surface area (Å²) < 4.78 is 68.0. The van der Waals surface area contributed by atoms with Gasteiger partial charge in [-0.3, -0.25) is 4.90 Å². The first-order chi connectivity index (χ1) is 22.3. The molecule has 0 saturated carbocycles. The van der Waals surface area contributed by atoms with Crippen molar-refractivity contribution in [3.8, 4) is 18.4 Å². The van der Waals surface area contributed by atoms with Crippen LogP contribution in [-0.2, 0) is 6.42 Å². The number of fused-ring (bicyclic) bond motifs is 5. The maximum atomic E-state index is 16.7. The van der Waals surface area contributed by atoms with Gasteiger partial charge < -0.3 is 15.0 Å². The Hall–Kier alpha value is -3.94. The molecule has 1 aromatic heterocycles. The molecule has 0 spiro atoms. The number of alkyl halides is 1. The third-order valence-electron chi connectivity index (χ3n) is 10.6. The summed E-state index contributed by atoms with van der Waals surface area (Å²) in [4.78, 5) is 13.5. The van der Waals surface area contributed by atoms with E-state index in [1.54, 1.807) is 24.3 Å². The molecule has 46 heavy (non-hydrogen) atoms. The third kappa shape index (κ3) is 4.96. The second-order valence-electron chi connectivity index (χ2n) is 13.4. The highest BCUT2D eigenvalue weighted by atomic mass is 19.1. The lowest BCUT2D eigenvalue weighted by atomic mass is 9.89. The summed E-state index contributed by atoms with van der Waals surface area (Å²) in [5, 5.41) is 3.87. The second kappa shape index (κ2) is 11.4. The Morgan fingerprint density at radius 1 is 1.07 bits per heavy atom. The molecule has 2 bridgehead atoms. The normalized spacial score (nSPS) is 28.4. The molecule has 4 atom stereocenters. The molecule has 8 rings (SSSR count). The van der Waals surface area contributed by atoms with Gasteiger partial charge in [-0.25, -0.2) is 17.6 Å². The molecule has 2 aromatic carbocycles. The predicted octanol–water partition coefficient (Wildman–Crippen LogP) is 5.97. The minimum Gasteiger partial charge on any atom is -0.461 e. The Morgan fingerprint density at radius 3 is 2.70 bits per heavy atom. The van der Waals surface area contributed by atoms with Crippen molar-refractivity contribution in [3.63, 3.8) is 0 Å². The smallest absolute Gasteiger partial charge is 0.319 e. The lowest BCUT2D eigenvalue weighted by molar-refractivity contribution is 0.107. The van der Waals surface area contributed by atoms with E-state index in [9.17, 15) is 8.78 Å².